The van der Waals surface area contributed by atoms with Gasteiger partial charge in [0.25, 0.3) is 0 Å². The van der Waals surface area contributed by atoms with Gasteiger partial charge in [-0.3, -0.25) is 0 Å². The highest BCUT2D eigenvalue weighted by Crippen LogP contribution is 2.39. The molecule has 1 unspecified atom stereocenters. The van der Waals surface area contributed by atoms with Gasteiger partial charge >= 0.3 is 0 Å². The van der Waals surface area contributed by atoms with Gasteiger partial charge in [0, 0.05) is 11.6 Å². The summed E-state index contributed by atoms with van der Waals surface area (Å²) >= 11 is 6.25. The molecule has 1 aliphatic rings. The Hall–Kier alpha value is -0.930. The van der Waals surface area contributed by atoms with Crippen LogP contribution in [0.5, 0.6) is 11.5 Å². The van der Waals surface area contributed by atoms with Crippen molar-refractivity contribution in [2.45, 2.75) is 44.6 Å². The van der Waals surface area contributed by atoms with E-state index < -0.39 is 6.10 Å². The number of benzene rings is 1. The molecule has 0 aromatic heterocycles. The maximum absolute atomic E-state index is 10.5. The molecule has 0 saturated heterocycles. The van der Waals surface area contributed by atoms with Gasteiger partial charge in [-0.1, -0.05) is 43.7 Å². The second kappa shape index (κ2) is 7.19. The van der Waals surface area contributed by atoms with E-state index in [9.17, 15) is 5.11 Å². The number of aliphatic hydroxyl groups excluding tert-OH is 1. The molecule has 1 aliphatic carbocycles. The van der Waals surface area contributed by atoms with Crippen LogP contribution in [-0.4, -0.2) is 19.3 Å². The maximum Gasteiger partial charge on any atom is 0.162 e. The number of hydrogen-bond donors (Lipinski definition) is 1. The third-order valence-electron chi connectivity index (χ3n) is 4.14. The van der Waals surface area contributed by atoms with Gasteiger partial charge in [-0.15, -0.1) is 0 Å². The Balaban J connectivity index is 2.13. The molecule has 1 fully saturated rings. The minimum atomic E-state index is -0.537. The lowest BCUT2D eigenvalue weighted by molar-refractivity contribution is 0.131. The molecule has 0 radical (unpaired) electrons. The first kappa shape index (κ1) is 15.5. The lowest BCUT2D eigenvalue weighted by atomic mass is 9.84. The summed E-state index contributed by atoms with van der Waals surface area (Å²) in [6.45, 7) is 0. The SMILES string of the molecule is COc1cc(Cl)c(C(O)CC2CCCCC2)cc1OC. The third-order valence-corrected chi connectivity index (χ3v) is 4.47. The highest BCUT2D eigenvalue weighted by atomic mass is 35.5. The summed E-state index contributed by atoms with van der Waals surface area (Å²) in [5.41, 5.74) is 0.731. The molecule has 1 saturated carbocycles. The molecule has 112 valence electrons. The predicted octanol–water partition coefficient (Wildman–Crippen LogP) is 4.36. The van der Waals surface area contributed by atoms with Gasteiger partial charge in [0.05, 0.1) is 25.3 Å². The summed E-state index contributed by atoms with van der Waals surface area (Å²) in [5.74, 6) is 1.80. The zero-order valence-electron chi connectivity index (χ0n) is 12.2. The maximum atomic E-state index is 10.5. The molecule has 2 rings (SSSR count). The molecule has 1 N–H and O–H groups in total. The Labute approximate surface area is 125 Å². The quantitative estimate of drug-likeness (QED) is 0.877. The van der Waals surface area contributed by atoms with Crippen molar-refractivity contribution >= 4 is 11.6 Å². The van der Waals surface area contributed by atoms with Crippen LogP contribution in [0.15, 0.2) is 12.1 Å². The predicted molar refractivity (Wildman–Crippen MR) is 80.7 cm³/mol. The summed E-state index contributed by atoms with van der Waals surface area (Å²) in [6, 6.07) is 3.49. The number of ether oxygens (including phenoxy) is 2. The molecule has 1 atom stereocenters. The first-order valence-electron chi connectivity index (χ1n) is 7.25. The van der Waals surface area contributed by atoms with Crippen molar-refractivity contribution in [3.05, 3.63) is 22.7 Å². The first-order chi connectivity index (χ1) is 9.65. The summed E-state index contributed by atoms with van der Waals surface area (Å²) in [7, 11) is 3.16. The lowest BCUT2D eigenvalue weighted by Crippen LogP contribution is -2.11. The van der Waals surface area contributed by atoms with E-state index >= 15 is 0 Å². The normalized spacial score (nSPS) is 17.8. The zero-order chi connectivity index (χ0) is 14.5. The molecule has 1 aromatic rings. The van der Waals surface area contributed by atoms with Crippen molar-refractivity contribution in [3.63, 3.8) is 0 Å². The fraction of sp³-hybridized carbons (Fsp3) is 0.625. The van der Waals surface area contributed by atoms with Gasteiger partial charge in [-0.25, -0.2) is 0 Å². The topological polar surface area (TPSA) is 38.7 Å². The summed E-state index contributed by atoms with van der Waals surface area (Å²) < 4.78 is 10.5. The van der Waals surface area contributed by atoms with Gasteiger partial charge in [-0.05, 0) is 18.4 Å². The van der Waals surface area contributed by atoms with Crippen LogP contribution in [-0.2, 0) is 0 Å². The van der Waals surface area contributed by atoms with Crippen molar-refractivity contribution in [3.8, 4) is 11.5 Å². The van der Waals surface area contributed by atoms with Crippen LogP contribution in [0.2, 0.25) is 5.02 Å². The Bertz CT molecular complexity index is 442. The smallest absolute Gasteiger partial charge is 0.162 e. The van der Waals surface area contributed by atoms with E-state index in [1.54, 1.807) is 26.4 Å². The minimum Gasteiger partial charge on any atom is -0.493 e. The molecule has 3 nitrogen and oxygen atoms in total. The van der Waals surface area contributed by atoms with Crippen LogP contribution >= 0.6 is 11.6 Å². The number of methoxy groups -OCH3 is 2. The van der Waals surface area contributed by atoms with Gasteiger partial charge in [0.1, 0.15) is 0 Å². The van der Waals surface area contributed by atoms with Crippen molar-refractivity contribution in [2.75, 3.05) is 14.2 Å². The average Bonchev–Trinajstić information content (AvgIpc) is 2.47. The summed E-state index contributed by atoms with van der Waals surface area (Å²) in [6.07, 6.45) is 6.53. The van der Waals surface area contributed by atoms with E-state index in [-0.39, 0.29) is 0 Å². The third kappa shape index (κ3) is 3.58. The van der Waals surface area contributed by atoms with E-state index in [2.05, 4.69) is 0 Å². The number of hydrogen-bond acceptors (Lipinski definition) is 3. The van der Waals surface area contributed by atoms with Gasteiger partial charge < -0.3 is 14.6 Å². The van der Waals surface area contributed by atoms with Crippen molar-refractivity contribution < 1.29 is 14.6 Å². The summed E-state index contributed by atoms with van der Waals surface area (Å²) in [4.78, 5) is 0. The molecule has 0 aliphatic heterocycles. The molecular weight excluding hydrogens is 276 g/mol. The molecule has 0 heterocycles. The fourth-order valence-corrected chi connectivity index (χ4v) is 3.27. The number of rotatable bonds is 5. The zero-order valence-corrected chi connectivity index (χ0v) is 12.9. The van der Waals surface area contributed by atoms with Crippen LogP contribution in [0.4, 0.5) is 0 Å². The van der Waals surface area contributed by atoms with Crippen molar-refractivity contribution in [2.24, 2.45) is 5.92 Å². The van der Waals surface area contributed by atoms with E-state index in [1.807, 2.05) is 0 Å². The molecule has 4 heteroatoms. The molecule has 0 spiro atoms. The van der Waals surface area contributed by atoms with Crippen molar-refractivity contribution in [1.29, 1.82) is 0 Å². The van der Waals surface area contributed by atoms with E-state index in [0.29, 0.717) is 22.4 Å². The Morgan fingerprint density at radius 3 is 2.35 bits per heavy atom. The van der Waals surface area contributed by atoms with Crippen molar-refractivity contribution in [1.82, 2.24) is 0 Å². The number of aliphatic hydroxyl groups is 1. The largest absolute Gasteiger partial charge is 0.493 e. The van der Waals surface area contributed by atoms with Crippen LogP contribution < -0.4 is 9.47 Å². The first-order valence-corrected chi connectivity index (χ1v) is 7.63. The molecule has 1 aromatic carbocycles. The molecular formula is C16H23ClO3. The summed E-state index contributed by atoms with van der Waals surface area (Å²) in [5, 5.41) is 11.0. The molecule has 0 bridgehead atoms. The lowest BCUT2D eigenvalue weighted by Gasteiger charge is -2.25. The van der Waals surface area contributed by atoms with E-state index in [4.69, 9.17) is 21.1 Å². The highest BCUT2D eigenvalue weighted by Gasteiger charge is 2.21. The van der Waals surface area contributed by atoms with Gasteiger partial charge in [0.15, 0.2) is 11.5 Å². The molecule has 20 heavy (non-hydrogen) atoms. The van der Waals surface area contributed by atoms with Crippen LogP contribution in [0.25, 0.3) is 0 Å². The Kier molecular flexibility index (Phi) is 5.55. The van der Waals surface area contributed by atoms with Crippen LogP contribution in [0, 0.1) is 5.92 Å². The second-order valence-corrected chi connectivity index (χ2v) is 5.89. The monoisotopic (exact) mass is 298 g/mol. The van der Waals surface area contributed by atoms with Crippen LogP contribution in [0.1, 0.15) is 50.2 Å². The van der Waals surface area contributed by atoms with E-state index in [1.165, 1.54) is 32.1 Å². The average molecular weight is 299 g/mol. The number of halogens is 1. The highest BCUT2D eigenvalue weighted by molar-refractivity contribution is 6.31. The second-order valence-electron chi connectivity index (χ2n) is 5.48. The minimum absolute atomic E-state index is 0.533. The van der Waals surface area contributed by atoms with E-state index in [0.717, 1.165) is 12.0 Å². The standard InChI is InChI=1S/C16H23ClO3/c1-19-15-9-12(13(17)10-16(15)20-2)14(18)8-11-6-4-3-5-7-11/h9-11,14,18H,3-8H2,1-2H3. The Morgan fingerprint density at radius 1 is 1.15 bits per heavy atom. The van der Waals surface area contributed by atoms with Crippen LogP contribution in [0.3, 0.4) is 0 Å². The Morgan fingerprint density at radius 2 is 1.75 bits per heavy atom. The molecule has 0 amide bonds. The van der Waals surface area contributed by atoms with Gasteiger partial charge in [-0.2, -0.15) is 0 Å². The van der Waals surface area contributed by atoms with Gasteiger partial charge in [0.2, 0.25) is 0 Å². The fourth-order valence-electron chi connectivity index (χ4n) is 2.99.